The van der Waals surface area contributed by atoms with Crippen LogP contribution in [0.4, 0.5) is 11.4 Å². The molecule has 2 aromatic carbocycles. The van der Waals surface area contributed by atoms with Crippen LogP contribution in [0.2, 0.25) is 0 Å². The van der Waals surface area contributed by atoms with Crippen molar-refractivity contribution in [2.24, 2.45) is 0 Å². The van der Waals surface area contributed by atoms with Gasteiger partial charge in [-0.1, -0.05) is 0 Å². The summed E-state index contributed by atoms with van der Waals surface area (Å²) in [4.78, 5) is 24.3. The van der Waals surface area contributed by atoms with E-state index in [1.54, 1.807) is 4.80 Å². The van der Waals surface area contributed by atoms with E-state index in [2.05, 4.69) is 56.4 Å². The molecule has 0 saturated heterocycles. The fourth-order valence-corrected chi connectivity index (χ4v) is 3.31. The molecule has 2 aromatic heterocycles. The number of carbonyl (C=O) groups excluding carboxylic acids is 1. The van der Waals surface area contributed by atoms with Crippen LogP contribution in [0.25, 0.3) is 16.7 Å². The highest BCUT2D eigenvalue weighted by Crippen LogP contribution is 2.23. The Morgan fingerprint density at radius 3 is 2.37 bits per heavy atom. The van der Waals surface area contributed by atoms with Crippen LogP contribution < -0.4 is 10.2 Å². The van der Waals surface area contributed by atoms with Crippen molar-refractivity contribution < 1.29 is 4.79 Å². The number of nitrogens with one attached hydrogen (secondary N) is 1. The lowest BCUT2D eigenvalue weighted by Crippen LogP contribution is -2.21. The SMILES string of the molecule is CCN(CC)c1ccc(-n2nc3cc(C)c(NC(=O)c4cnccn4)cc3n2)cc1. The number of anilines is 2. The Morgan fingerprint density at radius 1 is 1.03 bits per heavy atom. The number of amides is 1. The number of aromatic nitrogens is 5. The zero-order chi connectivity index (χ0) is 21.1. The van der Waals surface area contributed by atoms with Gasteiger partial charge >= 0.3 is 0 Å². The number of fused-ring (bicyclic) bond motifs is 1. The smallest absolute Gasteiger partial charge is 0.275 e. The van der Waals surface area contributed by atoms with Crippen molar-refractivity contribution in [1.82, 2.24) is 25.0 Å². The highest BCUT2D eigenvalue weighted by Gasteiger charge is 2.13. The van der Waals surface area contributed by atoms with Gasteiger partial charge in [-0.25, -0.2) is 4.98 Å². The summed E-state index contributed by atoms with van der Waals surface area (Å²) in [5.41, 5.74) is 5.33. The van der Waals surface area contributed by atoms with Crippen LogP contribution in [0.15, 0.2) is 55.0 Å². The quantitative estimate of drug-likeness (QED) is 0.531. The van der Waals surface area contributed by atoms with Gasteiger partial charge < -0.3 is 10.2 Å². The largest absolute Gasteiger partial charge is 0.372 e. The highest BCUT2D eigenvalue weighted by atomic mass is 16.1. The van der Waals surface area contributed by atoms with E-state index in [-0.39, 0.29) is 11.6 Å². The molecule has 0 fully saturated rings. The van der Waals surface area contributed by atoms with E-state index in [1.807, 2.05) is 31.2 Å². The van der Waals surface area contributed by atoms with Crippen LogP contribution in [0.3, 0.4) is 0 Å². The minimum atomic E-state index is -0.315. The van der Waals surface area contributed by atoms with Gasteiger partial charge in [0.2, 0.25) is 0 Å². The van der Waals surface area contributed by atoms with Gasteiger partial charge in [-0.3, -0.25) is 9.78 Å². The molecule has 8 nitrogen and oxygen atoms in total. The van der Waals surface area contributed by atoms with Crippen molar-refractivity contribution in [3.05, 3.63) is 66.2 Å². The van der Waals surface area contributed by atoms with Gasteiger partial charge in [0, 0.05) is 36.9 Å². The highest BCUT2D eigenvalue weighted by molar-refractivity contribution is 6.04. The first kappa shape index (κ1) is 19.5. The van der Waals surface area contributed by atoms with E-state index in [0.29, 0.717) is 11.2 Å². The maximum Gasteiger partial charge on any atom is 0.275 e. The molecule has 30 heavy (non-hydrogen) atoms. The Bertz CT molecular complexity index is 1170. The lowest BCUT2D eigenvalue weighted by molar-refractivity contribution is 0.102. The van der Waals surface area contributed by atoms with Crippen LogP contribution in [0.5, 0.6) is 0 Å². The monoisotopic (exact) mass is 401 g/mol. The van der Waals surface area contributed by atoms with Crippen molar-refractivity contribution in [3.8, 4) is 5.69 Å². The average Bonchev–Trinajstić information content (AvgIpc) is 3.18. The maximum absolute atomic E-state index is 12.4. The Labute approximate surface area is 174 Å². The van der Waals surface area contributed by atoms with Crippen molar-refractivity contribution in [1.29, 1.82) is 0 Å². The van der Waals surface area contributed by atoms with Crippen molar-refractivity contribution >= 4 is 28.3 Å². The van der Waals surface area contributed by atoms with Gasteiger partial charge in [-0.05, 0) is 62.7 Å². The molecule has 0 bridgehead atoms. The number of hydrogen-bond donors (Lipinski definition) is 1. The van der Waals surface area contributed by atoms with Crippen molar-refractivity contribution in [2.75, 3.05) is 23.3 Å². The molecule has 152 valence electrons. The topological polar surface area (TPSA) is 88.8 Å². The summed E-state index contributed by atoms with van der Waals surface area (Å²) < 4.78 is 0. The van der Waals surface area contributed by atoms with Gasteiger partial charge in [-0.2, -0.15) is 4.80 Å². The average molecular weight is 401 g/mol. The third kappa shape index (κ3) is 3.84. The van der Waals surface area contributed by atoms with Gasteiger partial charge in [-0.15, -0.1) is 10.2 Å². The van der Waals surface area contributed by atoms with Crippen LogP contribution in [-0.4, -0.2) is 44.0 Å². The zero-order valence-electron chi connectivity index (χ0n) is 17.2. The van der Waals surface area contributed by atoms with E-state index >= 15 is 0 Å². The second-order valence-electron chi connectivity index (χ2n) is 6.88. The van der Waals surface area contributed by atoms with E-state index in [4.69, 9.17) is 0 Å². The molecule has 2 heterocycles. The number of rotatable bonds is 6. The molecule has 0 radical (unpaired) electrons. The van der Waals surface area contributed by atoms with Crippen molar-refractivity contribution in [3.63, 3.8) is 0 Å². The predicted octanol–water partition coefficient (Wildman–Crippen LogP) is 3.62. The summed E-state index contributed by atoms with van der Waals surface area (Å²) in [5, 5.41) is 12.1. The molecule has 4 aromatic rings. The minimum absolute atomic E-state index is 0.258. The molecule has 0 aliphatic heterocycles. The van der Waals surface area contributed by atoms with Crippen LogP contribution in [0.1, 0.15) is 29.9 Å². The van der Waals surface area contributed by atoms with Gasteiger partial charge in [0.05, 0.1) is 11.9 Å². The van der Waals surface area contributed by atoms with Crippen molar-refractivity contribution in [2.45, 2.75) is 20.8 Å². The molecular weight excluding hydrogens is 378 g/mol. The first-order valence-corrected chi connectivity index (χ1v) is 9.89. The Morgan fingerprint density at radius 2 is 1.73 bits per heavy atom. The normalized spacial score (nSPS) is 10.9. The predicted molar refractivity (Wildman–Crippen MR) is 117 cm³/mol. The summed E-state index contributed by atoms with van der Waals surface area (Å²) in [7, 11) is 0. The maximum atomic E-state index is 12.4. The van der Waals surface area contributed by atoms with E-state index in [1.165, 1.54) is 24.3 Å². The summed E-state index contributed by atoms with van der Waals surface area (Å²) in [6, 6.07) is 11.9. The fourth-order valence-electron chi connectivity index (χ4n) is 3.31. The Hall–Kier alpha value is -3.81. The van der Waals surface area contributed by atoms with E-state index in [0.717, 1.165) is 29.9 Å². The Kier molecular flexibility index (Phi) is 5.38. The fraction of sp³-hybridized carbons (Fsp3) is 0.227. The molecule has 1 amide bonds. The molecule has 1 N–H and O–H groups in total. The lowest BCUT2D eigenvalue weighted by atomic mass is 10.1. The first-order valence-electron chi connectivity index (χ1n) is 9.89. The zero-order valence-corrected chi connectivity index (χ0v) is 17.2. The molecule has 0 aliphatic rings. The summed E-state index contributed by atoms with van der Waals surface area (Å²) >= 11 is 0. The third-order valence-corrected chi connectivity index (χ3v) is 4.98. The standard InChI is InChI=1S/C22H23N7O/c1-4-28(5-2)16-6-8-17(9-7-16)29-26-19-12-15(3)18(13-20(19)27-29)25-22(30)21-14-23-10-11-24-21/h6-14H,4-5H2,1-3H3,(H,25,30). The van der Waals surface area contributed by atoms with Crippen LogP contribution in [-0.2, 0) is 0 Å². The second-order valence-corrected chi connectivity index (χ2v) is 6.88. The molecule has 8 heteroatoms. The van der Waals surface area contributed by atoms with Gasteiger partial charge in [0.25, 0.3) is 5.91 Å². The molecule has 0 aliphatic carbocycles. The second kappa shape index (κ2) is 8.28. The molecular formula is C22H23N7O. The van der Waals surface area contributed by atoms with Gasteiger partial charge in [0.15, 0.2) is 0 Å². The number of nitrogens with zero attached hydrogens (tertiary/aromatic N) is 6. The molecule has 0 saturated carbocycles. The van der Waals surface area contributed by atoms with Crippen LogP contribution in [0, 0.1) is 6.92 Å². The number of hydrogen-bond acceptors (Lipinski definition) is 6. The third-order valence-electron chi connectivity index (χ3n) is 4.98. The van der Waals surface area contributed by atoms with Crippen LogP contribution >= 0.6 is 0 Å². The summed E-state index contributed by atoms with van der Waals surface area (Å²) in [6.07, 6.45) is 4.45. The van der Waals surface area contributed by atoms with Gasteiger partial charge in [0.1, 0.15) is 16.7 Å². The first-order chi connectivity index (χ1) is 14.6. The molecule has 0 atom stereocenters. The molecule has 0 unspecified atom stereocenters. The number of aryl methyl sites for hydroxylation is 1. The lowest BCUT2D eigenvalue weighted by Gasteiger charge is -2.20. The molecule has 0 spiro atoms. The molecule has 4 rings (SSSR count). The van der Waals surface area contributed by atoms with E-state index < -0.39 is 0 Å². The number of benzene rings is 2. The Balaban J connectivity index is 1.61. The minimum Gasteiger partial charge on any atom is -0.372 e. The summed E-state index contributed by atoms with van der Waals surface area (Å²) in [6.45, 7) is 8.12. The summed E-state index contributed by atoms with van der Waals surface area (Å²) in [5.74, 6) is -0.315. The van der Waals surface area contributed by atoms with E-state index in [9.17, 15) is 4.79 Å². The number of carbonyl (C=O) groups is 1.